The monoisotopic (exact) mass is 282 g/mol. The van der Waals surface area contributed by atoms with Gasteiger partial charge < -0.3 is 4.74 Å². The smallest absolute Gasteiger partial charge is 0.151 e. The zero-order chi connectivity index (χ0) is 13.1. The molecule has 0 aromatic heterocycles. The van der Waals surface area contributed by atoms with Crippen LogP contribution in [0.3, 0.4) is 0 Å². The number of halogens is 2. The van der Waals surface area contributed by atoms with Gasteiger partial charge in [-0.15, -0.1) is 11.6 Å². The number of carbonyl (C=O) groups is 1. The molecule has 0 spiro atoms. The number of rotatable bonds is 4. The Hall–Kier alpha value is -1.25. The lowest BCUT2D eigenvalue weighted by atomic mass is 10.0. The number of hydrogen-bond acceptors (Lipinski definition) is 2. The van der Waals surface area contributed by atoms with E-state index in [1.807, 2.05) is 30.3 Å². The van der Waals surface area contributed by atoms with E-state index in [1.165, 1.54) is 0 Å². The number of benzene rings is 2. The van der Waals surface area contributed by atoms with Crippen molar-refractivity contribution in [2.75, 3.05) is 13.0 Å². The van der Waals surface area contributed by atoms with Gasteiger partial charge in [-0.1, -0.05) is 35.9 Å². The maximum Gasteiger partial charge on any atom is 0.151 e. The first-order chi connectivity index (χ1) is 8.65. The normalized spacial score (nSPS) is 10.6. The second kappa shape index (κ2) is 5.59. The highest BCUT2D eigenvalue weighted by molar-refractivity contribution is 6.37. The van der Waals surface area contributed by atoms with Crippen molar-refractivity contribution >= 4 is 39.8 Å². The van der Waals surface area contributed by atoms with Crippen molar-refractivity contribution in [2.45, 2.75) is 6.42 Å². The van der Waals surface area contributed by atoms with Gasteiger partial charge >= 0.3 is 0 Å². The number of carbonyl (C=O) groups excluding carboxylic acids is 1. The summed E-state index contributed by atoms with van der Waals surface area (Å²) in [6.45, 7) is 0. The van der Waals surface area contributed by atoms with Gasteiger partial charge in [-0.05, 0) is 17.0 Å². The Labute approximate surface area is 115 Å². The second-order valence-electron chi connectivity index (χ2n) is 3.99. The van der Waals surface area contributed by atoms with Crippen LogP contribution in [-0.4, -0.2) is 18.8 Å². The first-order valence-electron chi connectivity index (χ1n) is 5.48. The molecule has 0 atom stereocenters. The van der Waals surface area contributed by atoms with Gasteiger partial charge in [0.1, 0.15) is 5.75 Å². The van der Waals surface area contributed by atoms with E-state index in [1.54, 1.807) is 7.11 Å². The summed E-state index contributed by atoms with van der Waals surface area (Å²) in [5.41, 5.74) is 0.939. The van der Waals surface area contributed by atoms with E-state index >= 15 is 0 Å². The van der Waals surface area contributed by atoms with Gasteiger partial charge in [0.2, 0.25) is 0 Å². The van der Waals surface area contributed by atoms with Crippen LogP contribution in [-0.2, 0) is 11.2 Å². The Balaban J connectivity index is 2.44. The molecule has 2 rings (SSSR count). The summed E-state index contributed by atoms with van der Waals surface area (Å²) in [6, 6.07) is 9.48. The molecule has 0 unspecified atom stereocenters. The summed E-state index contributed by atoms with van der Waals surface area (Å²) >= 11 is 11.7. The number of Topliss-reactive ketones (excluding diaryl/α,β-unsaturated/α-hetero) is 1. The molecule has 0 fully saturated rings. The molecule has 2 nitrogen and oxygen atoms in total. The fourth-order valence-electron chi connectivity index (χ4n) is 1.86. The summed E-state index contributed by atoms with van der Waals surface area (Å²) < 4.78 is 5.16. The van der Waals surface area contributed by atoms with Crippen molar-refractivity contribution < 1.29 is 9.53 Å². The third-order valence-electron chi connectivity index (χ3n) is 2.75. The molecule has 0 saturated carbocycles. The van der Waals surface area contributed by atoms with Crippen molar-refractivity contribution in [3.05, 3.63) is 40.9 Å². The Morgan fingerprint density at radius 1 is 1.28 bits per heavy atom. The average molecular weight is 283 g/mol. The topological polar surface area (TPSA) is 26.3 Å². The van der Waals surface area contributed by atoms with Gasteiger partial charge in [-0.3, -0.25) is 4.79 Å². The van der Waals surface area contributed by atoms with Gasteiger partial charge in [0, 0.05) is 11.8 Å². The number of ether oxygens (including phenoxy) is 1. The zero-order valence-corrected chi connectivity index (χ0v) is 11.4. The van der Waals surface area contributed by atoms with Crippen molar-refractivity contribution in [3.63, 3.8) is 0 Å². The fraction of sp³-hybridized carbons (Fsp3) is 0.214. The molecule has 0 bridgehead atoms. The van der Waals surface area contributed by atoms with Crippen LogP contribution in [0.15, 0.2) is 30.3 Å². The molecule has 4 heteroatoms. The molecule has 0 heterocycles. The lowest BCUT2D eigenvalue weighted by Gasteiger charge is -2.08. The highest BCUT2D eigenvalue weighted by Crippen LogP contribution is 2.33. The van der Waals surface area contributed by atoms with Crippen molar-refractivity contribution in [3.8, 4) is 5.75 Å². The standard InChI is InChI=1S/C14H12Cl2O2/c1-18-13-5-3-10-6-9(7-11(17)8-15)2-4-12(10)14(13)16/h2-6H,7-8H2,1H3. The maximum atomic E-state index is 11.3. The zero-order valence-electron chi connectivity index (χ0n) is 9.87. The van der Waals surface area contributed by atoms with Crippen LogP contribution >= 0.6 is 23.2 Å². The summed E-state index contributed by atoms with van der Waals surface area (Å²) in [5, 5.41) is 2.49. The van der Waals surface area contributed by atoms with Crippen LogP contribution in [0.5, 0.6) is 5.75 Å². The Morgan fingerprint density at radius 3 is 2.72 bits per heavy atom. The minimum Gasteiger partial charge on any atom is -0.495 e. The van der Waals surface area contributed by atoms with Gasteiger partial charge in [-0.25, -0.2) is 0 Å². The molecule has 94 valence electrons. The van der Waals surface area contributed by atoms with Gasteiger partial charge in [-0.2, -0.15) is 0 Å². The first-order valence-corrected chi connectivity index (χ1v) is 6.39. The molecule has 0 aliphatic rings. The Bertz CT molecular complexity index is 594. The van der Waals surface area contributed by atoms with E-state index in [0.717, 1.165) is 16.3 Å². The second-order valence-corrected chi connectivity index (χ2v) is 4.63. The summed E-state index contributed by atoms with van der Waals surface area (Å²) in [6.07, 6.45) is 0.350. The molecule has 0 aliphatic carbocycles. The largest absolute Gasteiger partial charge is 0.495 e. The Kier molecular flexibility index (Phi) is 4.10. The first kappa shape index (κ1) is 13.2. The number of alkyl halides is 1. The van der Waals surface area contributed by atoms with Crippen LogP contribution in [0, 0.1) is 0 Å². The average Bonchev–Trinajstić information content (AvgIpc) is 2.39. The van der Waals surface area contributed by atoms with E-state index in [0.29, 0.717) is 17.2 Å². The minimum absolute atomic E-state index is 0.00984. The predicted octanol–water partition coefficient (Wildman–Crippen LogP) is 3.85. The van der Waals surface area contributed by atoms with E-state index in [-0.39, 0.29) is 11.7 Å². The van der Waals surface area contributed by atoms with Crippen molar-refractivity contribution in [1.29, 1.82) is 0 Å². The van der Waals surface area contributed by atoms with Gasteiger partial charge in [0.15, 0.2) is 5.78 Å². The molecule has 0 saturated heterocycles. The quantitative estimate of drug-likeness (QED) is 0.797. The van der Waals surface area contributed by atoms with E-state index in [9.17, 15) is 4.79 Å². The molecule has 0 N–H and O–H groups in total. The van der Waals surface area contributed by atoms with Crippen LogP contribution in [0.25, 0.3) is 10.8 Å². The lowest BCUT2D eigenvalue weighted by molar-refractivity contribution is -0.116. The summed E-state index contributed by atoms with van der Waals surface area (Å²) in [7, 11) is 1.58. The lowest BCUT2D eigenvalue weighted by Crippen LogP contribution is -2.03. The molecular formula is C14H12Cl2O2. The molecule has 0 aliphatic heterocycles. The summed E-state index contributed by atoms with van der Waals surface area (Å²) in [5.74, 6) is 0.700. The molecule has 0 amide bonds. The third-order valence-corrected chi connectivity index (χ3v) is 3.44. The number of hydrogen-bond donors (Lipinski definition) is 0. The van der Waals surface area contributed by atoms with Crippen LogP contribution in [0.2, 0.25) is 5.02 Å². The predicted molar refractivity (Wildman–Crippen MR) is 74.9 cm³/mol. The fourth-order valence-corrected chi connectivity index (χ4v) is 2.27. The molecule has 0 radical (unpaired) electrons. The Morgan fingerprint density at radius 2 is 2.06 bits per heavy atom. The van der Waals surface area contributed by atoms with Crippen molar-refractivity contribution in [2.24, 2.45) is 0 Å². The highest BCUT2D eigenvalue weighted by Gasteiger charge is 2.08. The molecule has 18 heavy (non-hydrogen) atoms. The van der Waals surface area contributed by atoms with Gasteiger partial charge in [0.05, 0.1) is 18.0 Å². The van der Waals surface area contributed by atoms with E-state index < -0.39 is 0 Å². The molecule has 2 aromatic rings. The summed E-state index contributed by atoms with van der Waals surface area (Å²) in [4.78, 5) is 11.3. The van der Waals surface area contributed by atoms with Crippen LogP contribution in [0.4, 0.5) is 0 Å². The van der Waals surface area contributed by atoms with E-state index in [2.05, 4.69) is 0 Å². The van der Waals surface area contributed by atoms with E-state index in [4.69, 9.17) is 27.9 Å². The van der Waals surface area contributed by atoms with Crippen LogP contribution in [0.1, 0.15) is 5.56 Å². The highest BCUT2D eigenvalue weighted by atomic mass is 35.5. The number of fused-ring (bicyclic) bond motifs is 1. The minimum atomic E-state index is 0.00984. The number of methoxy groups -OCH3 is 1. The number of ketones is 1. The molecular weight excluding hydrogens is 271 g/mol. The molecule has 2 aromatic carbocycles. The van der Waals surface area contributed by atoms with Crippen LogP contribution < -0.4 is 4.74 Å². The SMILES string of the molecule is COc1ccc2cc(CC(=O)CCl)ccc2c1Cl. The maximum absolute atomic E-state index is 11.3. The van der Waals surface area contributed by atoms with Gasteiger partial charge in [0.25, 0.3) is 0 Å². The van der Waals surface area contributed by atoms with Crippen molar-refractivity contribution in [1.82, 2.24) is 0 Å². The third kappa shape index (κ3) is 2.60.